The Kier molecular flexibility index (Phi) is 4.28. The van der Waals surface area contributed by atoms with E-state index < -0.39 is 21.7 Å². The van der Waals surface area contributed by atoms with Crippen molar-refractivity contribution in [3.05, 3.63) is 65.7 Å². The molecule has 1 amide bonds. The van der Waals surface area contributed by atoms with Crippen molar-refractivity contribution in [3.8, 4) is 5.69 Å². The fourth-order valence-electron chi connectivity index (χ4n) is 2.10. The first-order chi connectivity index (χ1) is 11.9. The van der Waals surface area contributed by atoms with Gasteiger partial charge in [0.1, 0.15) is 5.82 Å². The number of hydrogen-bond acceptors (Lipinski definition) is 6. The summed E-state index contributed by atoms with van der Waals surface area (Å²) < 4.78 is 40.7. The number of carbonyl (C=O) groups is 1. The predicted molar refractivity (Wildman–Crippen MR) is 84.9 cm³/mol. The summed E-state index contributed by atoms with van der Waals surface area (Å²) in [6.07, 6.45) is 0. The minimum atomic E-state index is -4.11. The topological polar surface area (TPSA) is 107 Å². The van der Waals surface area contributed by atoms with Crippen molar-refractivity contribution >= 4 is 15.9 Å². The largest absolute Gasteiger partial charge is 0.268 e. The monoisotopic (exact) mass is 361 g/mol. The van der Waals surface area contributed by atoms with E-state index in [9.17, 15) is 17.6 Å². The maximum absolute atomic E-state index is 12.9. The van der Waals surface area contributed by atoms with Gasteiger partial charge in [0, 0.05) is 5.56 Å². The first-order valence-electron chi connectivity index (χ1n) is 7.05. The molecule has 0 aliphatic heterocycles. The van der Waals surface area contributed by atoms with E-state index in [1.807, 2.05) is 4.72 Å². The lowest BCUT2D eigenvalue weighted by Crippen LogP contribution is -2.30. The summed E-state index contributed by atoms with van der Waals surface area (Å²) in [7, 11) is -4.11. The number of hydrogen-bond donors (Lipinski definition) is 1. The molecule has 0 unspecified atom stereocenters. The standard InChI is InChI=1S/C15H12FN5O3S/c1-10-17-19-20-21(10)13-4-2-3-11(9-13)15(22)18-25(23,24)14-7-5-12(16)6-8-14/h2-9H,1H3,(H,18,22). The summed E-state index contributed by atoms with van der Waals surface area (Å²) in [5, 5.41) is 11.1. The molecule has 3 rings (SSSR count). The molecule has 0 spiro atoms. The number of rotatable bonds is 4. The molecule has 10 heteroatoms. The lowest BCUT2D eigenvalue weighted by Gasteiger charge is -2.08. The second-order valence-corrected chi connectivity index (χ2v) is 6.76. The van der Waals surface area contributed by atoms with Gasteiger partial charge in [0.05, 0.1) is 10.6 Å². The highest BCUT2D eigenvalue weighted by molar-refractivity contribution is 7.90. The molecule has 0 saturated carbocycles. The minimum Gasteiger partial charge on any atom is -0.268 e. The summed E-state index contributed by atoms with van der Waals surface area (Å²) in [6, 6.07) is 10.3. The number of carbonyl (C=O) groups excluding carboxylic acids is 1. The van der Waals surface area contributed by atoms with E-state index in [4.69, 9.17) is 0 Å². The average molecular weight is 361 g/mol. The number of amides is 1. The third-order valence-corrected chi connectivity index (χ3v) is 4.68. The number of aromatic nitrogens is 4. The molecule has 0 bridgehead atoms. The molecule has 3 aromatic rings. The third kappa shape index (κ3) is 3.53. The number of aryl methyl sites for hydroxylation is 1. The summed E-state index contributed by atoms with van der Waals surface area (Å²) in [5.74, 6) is -0.886. The Morgan fingerprint density at radius 3 is 2.52 bits per heavy atom. The summed E-state index contributed by atoms with van der Waals surface area (Å²) in [6.45, 7) is 1.69. The van der Waals surface area contributed by atoms with Crippen LogP contribution in [-0.4, -0.2) is 34.5 Å². The lowest BCUT2D eigenvalue weighted by atomic mass is 10.2. The Morgan fingerprint density at radius 2 is 1.88 bits per heavy atom. The quantitative estimate of drug-likeness (QED) is 0.749. The maximum atomic E-state index is 12.9. The van der Waals surface area contributed by atoms with Crippen LogP contribution in [0.1, 0.15) is 16.2 Å². The second-order valence-electron chi connectivity index (χ2n) is 5.08. The number of nitrogens with one attached hydrogen (secondary N) is 1. The Hall–Kier alpha value is -3.14. The molecule has 128 valence electrons. The predicted octanol–water partition coefficient (Wildman–Crippen LogP) is 1.23. The number of nitrogens with zero attached hydrogens (tertiary/aromatic N) is 4. The zero-order valence-electron chi connectivity index (χ0n) is 12.9. The normalized spacial score (nSPS) is 11.3. The van der Waals surface area contributed by atoms with Gasteiger partial charge in [-0.3, -0.25) is 4.79 Å². The SMILES string of the molecule is Cc1nnnn1-c1cccc(C(=O)NS(=O)(=O)c2ccc(F)cc2)c1. The van der Waals surface area contributed by atoms with E-state index in [1.54, 1.807) is 19.1 Å². The van der Waals surface area contributed by atoms with Gasteiger partial charge in [-0.05, 0) is 59.8 Å². The highest BCUT2D eigenvalue weighted by atomic mass is 32.2. The van der Waals surface area contributed by atoms with E-state index in [-0.39, 0.29) is 10.5 Å². The molecule has 0 fully saturated rings. The zero-order valence-corrected chi connectivity index (χ0v) is 13.7. The van der Waals surface area contributed by atoms with Crippen LogP contribution in [0.3, 0.4) is 0 Å². The van der Waals surface area contributed by atoms with Crippen LogP contribution in [0.5, 0.6) is 0 Å². The highest BCUT2D eigenvalue weighted by Crippen LogP contribution is 2.13. The minimum absolute atomic E-state index is 0.109. The van der Waals surface area contributed by atoms with Crippen molar-refractivity contribution in [1.29, 1.82) is 0 Å². The number of sulfonamides is 1. The maximum Gasteiger partial charge on any atom is 0.265 e. The van der Waals surface area contributed by atoms with Crippen LogP contribution in [0.4, 0.5) is 4.39 Å². The molecule has 1 heterocycles. The van der Waals surface area contributed by atoms with Crippen LogP contribution in [0.15, 0.2) is 53.4 Å². The van der Waals surface area contributed by atoms with Crippen molar-refractivity contribution in [1.82, 2.24) is 24.9 Å². The van der Waals surface area contributed by atoms with Gasteiger partial charge in [-0.1, -0.05) is 6.07 Å². The van der Waals surface area contributed by atoms with Crippen molar-refractivity contribution in [2.45, 2.75) is 11.8 Å². The Balaban J connectivity index is 1.86. The van der Waals surface area contributed by atoms with Gasteiger partial charge in [0.2, 0.25) is 0 Å². The van der Waals surface area contributed by atoms with Gasteiger partial charge in [0.15, 0.2) is 5.82 Å². The van der Waals surface area contributed by atoms with Crippen LogP contribution in [0.2, 0.25) is 0 Å². The summed E-state index contributed by atoms with van der Waals surface area (Å²) in [5.41, 5.74) is 0.618. The van der Waals surface area contributed by atoms with Gasteiger partial charge in [-0.2, -0.15) is 4.68 Å². The second kappa shape index (κ2) is 6.40. The van der Waals surface area contributed by atoms with Crippen LogP contribution < -0.4 is 4.72 Å². The first-order valence-corrected chi connectivity index (χ1v) is 8.53. The van der Waals surface area contributed by atoms with Crippen LogP contribution in [0.25, 0.3) is 5.69 Å². The molecule has 1 aromatic heterocycles. The fraction of sp³-hybridized carbons (Fsp3) is 0.0667. The van der Waals surface area contributed by atoms with Gasteiger partial charge >= 0.3 is 0 Å². The lowest BCUT2D eigenvalue weighted by molar-refractivity contribution is 0.0981. The van der Waals surface area contributed by atoms with E-state index in [1.165, 1.54) is 16.8 Å². The number of benzene rings is 2. The Labute approximate surface area is 142 Å². The van der Waals surface area contributed by atoms with E-state index in [2.05, 4.69) is 15.5 Å². The van der Waals surface area contributed by atoms with E-state index in [0.717, 1.165) is 24.3 Å². The zero-order chi connectivity index (χ0) is 18.0. The summed E-state index contributed by atoms with van der Waals surface area (Å²) in [4.78, 5) is 12.1. The van der Waals surface area contributed by atoms with Gasteiger partial charge in [-0.25, -0.2) is 17.5 Å². The molecular weight excluding hydrogens is 349 g/mol. The van der Waals surface area contributed by atoms with Crippen LogP contribution in [0, 0.1) is 12.7 Å². The molecule has 0 aliphatic carbocycles. The molecule has 0 radical (unpaired) electrons. The third-order valence-electron chi connectivity index (χ3n) is 3.33. The number of tetrazole rings is 1. The highest BCUT2D eigenvalue weighted by Gasteiger charge is 2.19. The molecule has 2 aromatic carbocycles. The Bertz CT molecular complexity index is 1030. The molecule has 0 saturated heterocycles. The van der Waals surface area contributed by atoms with Crippen molar-refractivity contribution < 1.29 is 17.6 Å². The molecule has 0 aliphatic rings. The molecular formula is C15H12FN5O3S. The van der Waals surface area contributed by atoms with Crippen molar-refractivity contribution in [3.63, 3.8) is 0 Å². The van der Waals surface area contributed by atoms with Crippen molar-refractivity contribution in [2.24, 2.45) is 0 Å². The average Bonchev–Trinajstić information content (AvgIpc) is 3.01. The molecule has 8 nitrogen and oxygen atoms in total. The van der Waals surface area contributed by atoms with E-state index >= 15 is 0 Å². The van der Waals surface area contributed by atoms with Gasteiger partial charge < -0.3 is 0 Å². The van der Waals surface area contributed by atoms with Crippen LogP contribution >= 0.6 is 0 Å². The van der Waals surface area contributed by atoms with E-state index in [0.29, 0.717) is 11.5 Å². The summed E-state index contributed by atoms with van der Waals surface area (Å²) >= 11 is 0. The molecule has 1 N–H and O–H groups in total. The fourth-order valence-corrected chi connectivity index (χ4v) is 3.08. The molecule has 0 atom stereocenters. The molecule has 25 heavy (non-hydrogen) atoms. The van der Waals surface area contributed by atoms with Crippen LogP contribution in [-0.2, 0) is 10.0 Å². The van der Waals surface area contributed by atoms with Crippen molar-refractivity contribution in [2.75, 3.05) is 0 Å². The Morgan fingerprint density at radius 1 is 1.16 bits per heavy atom. The van der Waals surface area contributed by atoms with Gasteiger partial charge in [0.25, 0.3) is 15.9 Å². The van der Waals surface area contributed by atoms with Gasteiger partial charge in [-0.15, -0.1) is 5.10 Å². The smallest absolute Gasteiger partial charge is 0.265 e. The first kappa shape index (κ1) is 16.7. The number of halogens is 1.